The van der Waals surface area contributed by atoms with Gasteiger partial charge in [0.25, 0.3) is 0 Å². The first-order valence-electron chi connectivity index (χ1n) is 6.78. The quantitative estimate of drug-likeness (QED) is 0.822. The zero-order valence-corrected chi connectivity index (χ0v) is 11.9. The van der Waals surface area contributed by atoms with E-state index in [4.69, 9.17) is 4.74 Å². The van der Waals surface area contributed by atoms with Gasteiger partial charge >= 0.3 is 0 Å². The Morgan fingerprint density at radius 3 is 2.33 bits per heavy atom. The minimum atomic E-state index is 0.0980. The molecule has 0 bridgehead atoms. The van der Waals surface area contributed by atoms with Crippen molar-refractivity contribution in [2.45, 2.75) is 38.1 Å². The minimum absolute atomic E-state index is 0.0980. The molecule has 1 aliphatic heterocycles. The fourth-order valence-electron chi connectivity index (χ4n) is 2.73. The van der Waals surface area contributed by atoms with Gasteiger partial charge in [0, 0.05) is 25.1 Å². The summed E-state index contributed by atoms with van der Waals surface area (Å²) in [5.74, 6) is 0.490. The predicted octanol–water partition coefficient (Wildman–Crippen LogP) is 2.77. The highest BCUT2D eigenvalue weighted by molar-refractivity contribution is 5.24. The Morgan fingerprint density at radius 1 is 1.22 bits per heavy atom. The smallest absolute Gasteiger partial charge is 0.0514 e. The average molecular weight is 248 g/mol. The van der Waals surface area contributed by atoms with Crippen molar-refractivity contribution in [2.75, 3.05) is 27.3 Å². The Bertz CT molecular complexity index is 378. The molecule has 18 heavy (non-hydrogen) atoms. The third-order valence-electron chi connectivity index (χ3n) is 4.09. The lowest BCUT2D eigenvalue weighted by molar-refractivity contribution is -0.0107. The third-order valence-corrected chi connectivity index (χ3v) is 4.09. The van der Waals surface area contributed by atoms with E-state index in [0.29, 0.717) is 5.92 Å². The Morgan fingerprint density at radius 2 is 1.89 bits per heavy atom. The molecule has 2 heterocycles. The average Bonchev–Trinajstić information content (AvgIpc) is 2.39. The number of aromatic nitrogens is 1. The maximum absolute atomic E-state index is 5.51. The molecule has 0 amide bonds. The van der Waals surface area contributed by atoms with E-state index < -0.39 is 0 Å². The first-order chi connectivity index (χ1) is 8.56. The molecule has 0 N–H and O–H groups in total. The van der Waals surface area contributed by atoms with Gasteiger partial charge in [-0.15, -0.1) is 0 Å². The minimum Gasteiger partial charge on any atom is -0.381 e. The molecule has 100 valence electrons. The largest absolute Gasteiger partial charge is 0.381 e. The number of pyridine rings is 1. The lowest BCUT2D eigenvalue weighted by atomic mass is 9.82. The molecule has 3 nitrogen and oxygen atoms in total. The highest BCUT2D eigenvalue weighted by Crippen LogP contribution is 2.36. The molecule has 2 rings (SSSR count). The normalized spacial score (nSPS) is 19.4. The molecule has 0 spiro atoms. The Labute approximate surface area is 110 Å². The highest BCUT2D eigenvalue weighted by Gasteiger charge is 2.36. The number of rotatable bonds is 3. The van der Waals surface area contributed by atoms with Crippen molar-refractivity contribution in [3.63, 3.8) is 0 Å². The summed E-state index contributed by atoms with van der Waals surface area (Å²) in [6.45, 7) is 6.03. The second kappa shape index (κ2) is 5.37. The van der Waals surface area contributed by atoms with Gasteiger partial charge in [-0.3, -0.25) is 9.88 Å². The number of hydrogen-bond donors (Lipinski definition) is 0. The summed E-state index contributed by atoms with van der Waals surface area (Å²) >= 11 is 0. The summed E-state index contributed by atoms with van der Waals surface area (Å²) in [5.41, 5.74) is 2.58. The van der Waals surface area contributed by atoms with Gasteiger partial charge in [-0.1, -0.05) is 19.9 Å². The first-order valence-corrected chi connectivity index (χ1v) is 6.78. The van der Waals surface area contributed by atoms with Crippen LogP contribution in [0.25, 0.3) is 0 Å². The van der Waals surface area contributed by atoms with Crippen LogP contribution in [-0.4, -0.2) is 37.2 Å². The van der Waals surface area contributed by atoms with E-state index in [1.54, 1.807) is 0 Å². The fraction of sp³-hybridized carbons (Fsp3) is 0.667. The molecule has 1 saturated heterocycles. The van der Waals surface area contributed by atoms with Crippen LogP contribution < -0.4 is 0 Å². The molecular formula is C15H24N2O. The van der Waals surface area contributed by atoms with E-state index in [1.165, 1.54) is 11.3 Å². The monoisotopic (exact) mass is 248 g/mol. The molecular weight excluding hydrogens is 224 g/mol. The number of nitrogens with zero attached hydrogens (tertiary/aromatic N) is 2. The van der Waals surface area contributed by atoms with Crippen LogP contribution in [-0.2, 0) is 10.3 Å². The van der Waals surface area contributed by atoms with E-state index in [1.807, 2.05) is 0 Å². The van der Waals surface area contributed by atoms with Crippen molar-refractivity contribution in [3.8, 4) is 0 Å². The van der Waals surface area contributed by atoms with Gasteiger partial charge in [-0.2, -0.15) is 0 Å². The molecule has 0 saturated carbocycles. The molecule has 0 unspecified atom stereocenters. The van der Waals surface area contributed by atoms with E-state index in [2.05, 4.69) is 56.2 Å². The van der Waals surface area contributed by atoms with Gasteiger partial charge in [-0.25, -0.2) is 0 Å². The molecule has 0 aromatic carbocycles. The zero-order valence-electron chi connectivity index (χ0n) is 11.9. The van der Waals surface area contributed by atoms with Crippen LogP contribution >= 0.6 is 0 Å². The van der Waals surface area contributed by atoms with E-state index in [0.717, 1.165) is 26.1 Å². The van der Waals surface area contributed by atoms with Crippen LogP contribution in [0.1, 0.15) is 43.9 Å². The maximum Gasteiger partial charge on any atom is 0.0514 e. The second-order valence-corrected chi connectivity index (χ2v) is 5.66. The van der Waals surface area contributed by atoms with Crippen LogP contribution in [0.5, 0.6) is 0 Å². The molecule has 0 atom stereocenters. The van der Waals surface area contributed by atoms with Crippen LogP contribution in [0.4, 0.5) is 0 Å². The molecule has 1 aromatic heterocycles. The molecule has 0 radical (unpaired) electrons. The number of hydrogen-bond acceptors (Lipinski definition) is 3. The molecule has 1 fully saturated rings. The topological polar surface area (TPSA) is 25.4 Å². The van der Waals surface area contributed by atoms with Crippen molar-refractivity contribution in [2.24, 2.45) is 0 Å². The molecule has 1 aliphatic rings. The Balaban J connectivity index is 2.31. The van der Waals surface area contributed by atoms with Crippen molar-refractivity contribution < 1.29 is 4.74 Å². The lowest BCUT2D eigenvalue weighted by Crippen LogP contribution is -2.45. The lowest BCUT2D eigenvalue weighted by Gasteiger charge is -2.43. The summed E-state index contributed by atoms with van der Waals surface area (Å²) in [4.78, 5) is 6.93. The summed E-state index contributed by atoms with van der Waals surface area (Å²) in [7, 11) is 4.31. The first kappa shape index (κ1) is 13.5. The van der Waals surface area contributed by atoms with Gasteiger partial charge in [0.1, 0.15) is 0 Å². The zero-order chi connectivity index (χ0) is 13.2. The standard InChI is InChI=1S/C15H24N2O/c1-12(2)14-6-5-13(11-16-14)15(17(3)4)7-9-18-10-8-15/h5-6,11-12H,7-10H2,1-4H3. The van der Waals surface area contributed by atoms with Gasteiger partial charge in [0.15, 0.2) is 0 Å². The third kappa shape index (κ3) is 2.43. The van der Waals surface area contributed by atoms with Gasteiger partial charge < -0.3 is 4.74 Å². The van der Waals surface area contributed by atoms with Crippen molar-refractivity contribution in [3.05, 3.63) is 29.6 Å². The van der Waals surface area contributed by atoms with Crippen molar-refractivity contribution in [1.82, 2.24) is 9.88 Å². The maximum atomic E-state index is 5.51. The second-order valence-electron chi connectivity index (χ2n) is 5.66. The van der Waals surface area contributed by atoms with E-state index in [-0.39, 0.29) is 5.54 Å². The van der Waals surface area contributed by atoms with Crippen LogP contribution in [0.2, 0.25) is 0 Å². The fourth-order valence-corrected chi connectivity index (χ4v) is 2.73. The van der Waals surface area contributed by atoms with Crippen LogP contribution in [0, 0.1) is 0 Å². The molecule has 1 aromatic rings. The van der Waals surface area contributed by atoms with Crippen molar-refractivity contribution in [1.29, 1.82) is 0 Å². The van der Waals surface area contributed by atoms with Crippen LogP contribution in [0.3, 0.4) is 0 Å². The van der Waals surface area contributed by atoms with Crippen molar-refractivity contribution >= 4 is 0 Å². The summed E-state index contributed by atoms with van der Waals surface area (Å²) in [5, 5.41) is 0. The Kier molecular flexibility index (Phi) is 4.03. The summed E-state index contributed by atoms with van der Waals surface area (Å²) in [6.07, 6.45) is 4.14. The van der Waals surface area contributed by atoms with Gasteiger partial charge in [0.2, 0.25) is 0 Å². The van der Waals surface area contributed by atoms with Gasteiger partial charge in [0.05, 0.1) is 5.54 Å². The van der Waals surface area contributed by atoms with Gasteiger partial charge in [-0.05, 0) is 44.5 Å². The number of ether oxygens (including phenoxy) is 1. The molecule has 0 aliphatic carbocycles. The predicted molar refractivity (Wildman–Crippen MR) is 73.7 cm³/mol. The summed E-state index contributed by atoms with van der Waals surface area (Å²) < 4.78 is 5.51. The summed E-state index contributed by atoms with van der Waals surface area (Å²) in [6, 6.07) is 4.41. The van der Waals surface area contributed by atoms with E-state index >= 15 is 0 Å². The highest BCUT2D eigenvalue weighted by atomic mass is 16.5. The Hall–Kier alpha value is -0.930. The SMILES string of the molecule is CC(C)c1ccc(C2(N(C)C)CCOCC2)cn1. The molecule has 3 heteroatoms. The van der Waals surface area contributed by atoms with E-state index in [9.17, 15) is 0 Å². The van der Waals surface area contributed by atoms with Crippen LogP contribution in [0.15, 0.2) is 18.3 Å².